The van der Waals surface area contributed by atoms with Crippen LogP contribution in [0.25, 0.3) is 0 Å². The summed E-state index contributed by atoms with van der Waals surface area (Å²) in [6.07, 6.45) is 1.06. The molecule has 0 saturated heterocycles. The predicted octanol–water partition coefficient (Wildman–Crippen LogP) is 4.26. The average molecular weight is 364 g/mol. The lowest BCUT2D eigenvalue weighted by atomic mass is 10.2. The number of methoxy groups -OCH3 is 1. The third kappa shape index (κ3) is 5.41. The molecule has 0 bridgehead atoms. The molecule has 4 nitrogen and oxygen atoms in total. The molecule has 0 aliphatic rings. The Morgan fingerprint density at radius 1 is 1.14 bits per heavy atom. The monoisotopic (exact) mass is 363 g/mol. The van der Waals surface area contributed by atoms with Gasteiger partial charge in [-0.15, -0.1) is 0 Å². The van der Waals surface area contributed by atoms with Crippen LogP contribution < -0.4 is 14.8 Å². The normalized spacial score (nSPS) is 10.1. The van der Waals surface area contributed by atoms with Crippen molar-refractivity contribution in [2.75, 3.05) is 19.0 Å². The summed E-state index contributed by atoms with van der Waals surface area (Å²) in [6, 6.07) is 14.9. The molecule has 0 spiro atoms. The Bertz CT molecular complexity index is 631. The molecule has 0 fully saturated rings. The van der Waals surface area contributed by atoms with E-state index in [1.807, 2.05) is 42.5 Å². The SMILES string of the molecule is COc1cccc(NC(=O)CCCOc2cccc(Br)c2)c1. The van der Waals surface area contributed by atoms with Crippen molar-refractivity contribution in [3.63, 3.8) is 0 Å². The largest absolute Gasteiger partial charge is 0.497 e. The third-order valence-corrected chi connectivity index (χ3v) is 3.46. The van der Waals surface area contributed by atoms with Crippen molar-refractivity contribution in [2.45, 2.75) is 12.8 Å². The van der Waals surface area contributed by atoms with Crippen molar-refractivity contribution in [1.29, 1.82) is 0 Å². The van der Waals surface area contributed by atoms with Crippen molar-refractivity contribution in [2.24, 2.45) is 0 Å². The van der Waals surface area contributed by atoms with E-state index in [-0.39, 0.29) is 5.91 Å². The summed E-state index contributed by atoms with van der Waals surface area (Å²) < 4.78 is 11.7. The van der Waals surface area contributed by atoms with Crippen LogP contribution in [0.5, 0.6) is 11.5 Å². The molecule has 0 aromatic heterocycles. The van der Waals surface area contributed by atoms with Crippen LogP contribution in [0.3, 0.4) is 0 Å². The van der Waals surface area contributed by atoms with Crippen LogP contribution in [0.2, 0.25) is 0 Å². The van der Waals surface area contributed by atoms with Gasteiger partial charge in [0.2, 0.25) is 5.91 Å². The first-order valence-electron chi connectivity index (χ1n) is 6.99. The van der Waals surface area contributed by atoms with Gasteiger partial charge in [-0.1, -0.05) is 28.1 Å². The molecule has 1 amide bonds. The van der Waals surface area contributed by atoms with E-state index in [1.165, 1.54) is 0 Å². The van der Waals surface area contributed by atoms with Gasteiger partial charge in [0.15, 0.2) is 0 Å². The Morgan fingerprint density at radius 2 is 1.91 bits per heavy atom. The summed E-state index contributed by atoms with van der Waals surface area (Å²) in [5.41, 5.74) is 0.734. The maximum absolute atomic E-state index is 11.9. The topological polar surface area (TPSA) is 47.6 Å². The molecule has 0 heterocycles. The van der Waals surface area contributed by atoms with E-state index in [0.717, 1.165) is 21.7 Å². The van der Waals surface area contributed by atoms with Gasteiger partial charge in [-0.25, -0.2) is 0 Å². The summed E-state index contributed by atoms with van der Waals surface area (Å²) in [5, 5.41) is 2.84. The maximum atomic E-state index is 11.9. The van der Waals surface area contributed by atoms with Gasteiger partial charge in [-0.2, -0.15) is 0 Å². The first kappa shape index (κ1) is 16.4. The molecule has 22 heavy (non-hydrogen) atoms. The zero-order valence-electron chi connectivity index (χ0n) is 12.3. The molecule has 0 radical (unpaired) electrons. The number of hydrogen-bond donors (Lipinski definition) is 1. The van der Waals surface area contributed by atoms with Gasteiger partial charge in [-0.05, 0) is 36.8 Å². The fraction of sp³-hybridized carbons (Fsp3) is 0.235. The highest BCUT2D eigenvalue weighted by molar-refractivity contribution is 9.10. The fourth-order valence-corrected chi connectivity index (χ4v) is 2.28. The summed E-state index contributed by atoms with van der Waals surface area (Å²) >= 11 is 3.39. The number of anilines is 1. The second-order valence-corrected chi connectivity index (χ2v) is 5.61. The highest BCUT2D eigenvalue weighted by Crippen LogP contribution is 2.18. The number of carbonyl (C=O) groups excluding carboxylic acids is 1. The van der Waals surface area contributed by atoms with E-state index >= 15 is 0 Å². The molecule has 0 unspecified atom stereocenters. The molecular formula is C17H18BrNO3. The Morgan fingerprint density at radius 3 is 2.68 bits per heavy atom. The lowest BCUT2D eigenvalue weighted by molar-refractivity contribution is -0.116. The smallest absolute Gasteiger partial charge is 0.224 e. The van der Waals surface area contributed by atoms with Crippen LogP contribution in [-0.4, -0.2) is 19.6 Å². The van der Waals surface area contributed by atoms with E-state index in [9.17, 15) is 4.79 Å². The van der Waals surface area contributed by atoms with Crippen LogP contribution >= 0.6 is 15.9 Å². The Kier molecular flexibility index (Phi) is 6.27. The van der Waals surface area contributed by atoms with Crippen LogP contribution in [0.1, 0.15) is 12.8 Å². The number of ether oxygens (including phenoxy) is 2. The van der Waals surface area contributed by atoms with Gasteiger partial charge in [0, 0.05) is 22.6 Å². The molecule has 1 N–H and O–H groups in total. The van der Waals surface area contributed by atoms with Gasteiger partial charge in [0.1, 0.15) is 11.5 Å². The quantitative estimate of drug-likeness (QED) is 0.747. The average Bonchev–Trinajstić information content (AvgIpc) is 2.52. The minimum absolute atomic E-state index is 0.0360. The van der Waals surface area contributed by atoms with E-state index in [2.05, 4.69) is 21.2 Å². The van der Waals surface area contributed by atoms with E-state index < -0.39 is 0 Å². The molecule has 0 aliphatic heterocycles. The number of halogens is 1. The highest BCUT2D eigenvalue weighted by Gasteiger charge is 2.04. The van der Waals surface area contributed by atoms with Crippen molar-refractivity contribution < 1.29 is 14.3 Å². The summed E-state index contributed by atoms with van der Waals surface area (Å²) in [4.78, 5) is 11.9. The fourth-order valence-electron chi connectivity index (χ4n) is 1.90. The van der Waals surface area contributed by atoms with Gasteiger partial charge < -0.3 is 14.8 Å². The van der Waals surface area contributed by atoms with Crippen molar-refractivity contribution in [1.82, 2.24) is 0 Å². The Labute approximate surface area is 138 Å². The number of nitrogens with one attached hydrogen (secondary N) is 1. The first-order chi connectivity index (χ1) is 10.7. The number of amides is 1. The zero-order valence-corrected chi connectivity index (χ0v) is 13.9. The molecule has 0 aliphatic carbocycles. The molecule has 0 atom stereocenters. The first-order valence-corrected chi connectivity index (χ1v) is 7.79. The van der Waals surface area contributed by atoms with E-state index in [1.54, 1.807) is 13.2 Å². The Balaban J connectivity index is 1.71. The standard InChI is InChI=1S/C17H18BrNO3/c1-21-15-7-3-6-14(12-15)19-17(20)9-4-10-22-16-8-2-5-13(18)11-16/h2-3,5-8,11-12H,4,9-10H2,1H3,(H,19,20). The molecule has 116 valence electrons. The van der Waals surface area contributed by atoms with Crippen LogP contribution in [0.15, 0.2) is 53.0 Å². The molecule has 2 aromatic carbocycles. The van der Waals surface area contributed by atoms with Crippen molar-refractivity contribution >= 4 is 27.5 Å². The maximum Gasteiger partial charge on any atom is 0.224 e. The third-order valence-electron chi connectivity index (χ3n) is 2.97. The van der Waals surface area contributed by atoms with E-state index in [0.29, 0.717) is 19.4 Å². The molecular weight excluding hydrogens is 346 g/mol. The molecule has 2 rings (SSSR count). The summed E-state index contributed by atoms with van der Waals surface area (Å²) in [5.74, 6) is 1.48. The van der Waals surface area contributed by atoms with Gasteiger partial charge >= 0.3 is 0 Å². The number of benzene rings is 2. The number of carbonyl (C=O) groups is 1. The number of hydrogen-bond acceptors (Lipinski definition) is 3. The minimum atomic E-state index is -0.0360. The second kappa shape index (κ2) is 8.44. The summed E-state index contributed by atoms with van der Waals surface area (Å²) in [6.45, 7) is 0.502. The lowest BCUT2D eigenvalue weighted by Gasteiger charge is -2.08. The molecule has 2 aromatic rings. The van der Waals surface area contributed by atoms with E-state index in [4.69, 9.17) is 9.47 Å². The van der Waals surface area contributed by atoms with Gasteiger partial charge in [-0.3, -0.25) is 4.79 Å². The molecule has 0 saturated carbocycles. The van der Waals surface area contributed by atoms with Crippen LogP contribution in [-0.2, 0) is 4.79 Å². The van der Waals surface area contributed by atoms with Gasteiger partial charge in [0.05, 0.1) is 13.7 Å². The van der Waals surface area contributed by atoms with Crippen LogP contribution in [0, 0.1) is 0 Å². The zero-order chi connectivity index (χ0) is 15.8. The Hall–Kier alpha value is -2.01. The molecule has 5 heteroatoms. The predicted molar refractivity (Wildman–Crippen MR) is 90.5 cm³/mol. The second-order valence-electron chi connectivity index (χ2n) is 4.69. The minimum Gasteiger partial charge on any atom is -0.497 e. The lowest BCUT2D eigenvalue weighted by Crippen LogP contribution is -2.12. The number of rotatable bonds is 7. The van der Waals surface area contributed by atoms with Crippen LogP contribution in [0.4, 0.5) is 5.69 Å². The van der Waals surface area contributed by atoms with Crippen molar-refractivity contribution in [3.05, 3.63) is 53.0 Å². The van der Waals surface area contributed by atoms with Gasteiger partial charge in [0.25, 0.3) is 0 Å². The van der Waals surface area contributed by atoms with Crippen molar-refractivity contribution in [3.8, 4) is 11.5 Å². The highest BCUT2D eigenvalue weighted by atomic mass is 79.9. The summed E-state index contributed by atoms with van der Waals surface area (Å²) in [7, 11) is 1.60.